The zero-order chi connectivity index (χ0) is 12.4. The molecule has 1 N–H and O–H groups in total. The second-order valence-corrected chi connectivity index (χ2v) is 13.6. The Morgan fingerprint density at radius 3 is 1.88 bits per heavy atom. The minimum Gasteiger partial charge on any atom is -0.396 e. The average Bonchev–Trinajstić information content (AvgIpc) is 2.18. The second-order valence-electron chi connectivity index (χ2n) is 3.27. The fraction of sp³-hybridized carbons (Fsp3) is 0.400. The molecule has 0 aromatic heterocycles. The largest absolute Gasteiger partial charge is 0.396 e. The third kappa shape index (κ3) is 3.54. The first-order valence-electron chi connectivity index (χ1n) is 4.41. The van der Waals surface area contributed by atoms with Crippen molar-refractivity contribution in [2.75, 3.05) is 6.61 Å². The van der Waals surface area contributed by atoms with Crippen LogP contribution in [0.25, 0.3) is 0 Å². The first-order chi connectivity index (χ1) is 7.30. The fourth-order valence-electron chi connectivity index (χ4n) is 1.31. The van der Waals surface area contributed by atoms with Crippen LogP contribution in [-0.2, 0) is 0 Å². The lowest BCUT2D eigenvalue weighted by Crippen LogP contribution is -2.37. The summed E-state index contributed by atoms with van der Waals surface area (Å²) in [4.78, 5) is 0. The van der Waals surface area contributed by atoms with Crippen LogP contribution >= 0.6 is 79.6 Å². The van der Waals surface area contributed by atoms with Crippen LogP contribution in [0.3, 0.4) is 0 Å². The zero-order valence-corrected chi connectivity index (χ0v) is 15.9. The number of rotatable bonds is 3. The van der Waals surface area contributed by atoms with Crippen molar-refractivity contribution in [1.29, 1.82) is 0 Å². The van der Waals surface area contributed by atoms with E-state index < -0.39 is 5.38 Å². The molecule has 0 bridgehead atoms. The van der Waals surface area contributed by atoms with E-state index in [1.807, 2.05) is 30.3 Å². The van der Waals surface area contributed by atoms with Gasteiger partial charge in [-0.1, -0.05) is 110 Å². The summed E-state index contributed by atoms with van der Waals surface area (Å²) < 4.78 is -1.13. The third-order valence-corrected chi connectivity index (χ3v) is 9.56. The number of hydrogen-bond donors (Lipinski definition) is 1. The van der Waals surface area contributed by atoms with Gasteiger partial charge in [-0.15, -0.1) is 0 Å². The van der Waals surface area contributed by atoms with Gasteiger partial charge in [0.25, 0.3) is 0 Å². The molecule has 0 saturated carbocycles. The van der Waals surface area contributed by atoms with Gasteiger partial charge in [-0.05, 0) is 5.56 Å². The molecule has 0 aliphatic carbocycles. The van der Waals surface area contributed by atoms with E-state index >= 15 is 0 Å². The van der Waals surface area contributed by atoms with Crippen LogP contribution in [0.1, 0.15) is 11.5 Å². The van der Waals surface area contributed by atoms with Gasteiger partial charge in [-0.3, -0.25) is 0 Å². The fourth-order valence-corrected chi connectivity index (χ4v) is 2.96. The van der Waals surface area contributed by atoms with Crippen LogP contribution < -0.4 is 0 Å². The van der Waals surface area contributed by atoms with Gasteiger partial charge < -0.3 is 5.11 Å². The van der Waals surface area contributed by atoms with E-state index in [0.717, 1.165) is 5.56 Å². The van der Waals surface area contributed by atoms with Gasteiger partial charge in [0.05, 0.1) is 6.61 Å². The molecule has 16 heavy (non-hydrogen) atoms. The minimum atomic E-state index is -0.566. The molecule has 1 nitrogen and oxygen atoms in total. The summed E-state index contributed by atoms with van der Waals surface area (Å²) in [6.45, 7) is 0.0189. The van der Waals surface area contributed by atoms with E-state index in [0.29, 0.717) is 0 Å². The molecular weight excluding hydrogens is 536 g/mol. The van der Waals surface area contributed by atoms with Gasteiger partial charge in [-0.2, -0.15) is 0 Å². The van der Waals surface area contributed by atoms with Crippen LogP contribution in [0.5, 0.6) is 0 Å². The lowest BCUT2D eigenvalue weighted by Gasteiger charge is -2.36. The normalized spacial score (nSPS) is 14.9. The second kappa shape index (κ2) is 6.15. The summed E-state index contributed by atoms with van der Waals surface area (Å²) in [6.07, 6.45) is 0. The third-order valence-electron chi connectivity index (χ3n) is 2.20. The standard InChI is InChI=1S/C10H9Br5O/c11-9(12,10(13,14)15)8(6-16)7-4-2-1-3-5-7/h1-5,8,16H,6H2. The topological polar surface area (TPSA) is 20.2 Å². The van der Waals surface area contributed by atoms with Gasteiger partial charge in [0.15, 0.2) is 2.14 Å². The Morgan fingerprint density at radius 1 is 1.00 bits per heavy atom. The number of hydrogen-bond acceptors (Lipinski definition) is 1. The summed E-state index contributed by atoms with van der Waals surface area (Å²) in [5.74, 6) is -0.119. The van der Waals surface area contributed by atoms with E-state index in [1.165, 1.54) is 0 Å². The van der Waals surface area contributed by atoms with Crippen molar-refractivity contribution in [3.63, 3.8) is 0 Å². The van der Waals surface area contributed by atoms with Crippen molar-refractivity contribution < 1.29 is 5.11 Å². The summed E-state index contributed by atoms with van der Waals surface area (Å²) in [5, 5.41) is 9.56. The summed E-state index contributed by atoms with van der Waals surface area (Å²) in [5.41, 5.74) is 1.04. The molecule has 0 saturated heterocycles. The van der Waals surface area contributed by atoms with E-state index in [-0.39, 0.29) is 12.5 Å². The Balaban J connectivity index is 3.09. The molecule has 0 spiro atoms. The molecule has 90 valence electrons. The molecule has 1 rings (SSSR count). The molecule has 0 amide bonds. The Hall–Kier alpha value is 1.58. The maximum Gasteiger partial charge on any atom is 0.160 e. The highest BCUT2D eigenvalue weighted by Gasteiger charge is 2.49. The Kier molecular flexibility index (Phi) is 6.01. The molecule has 0 aliphatic heterocycles. The van der Waals surface area contributed by atoms with Crippen LogP contribution in [0.4, 0.5) is 0 Å². The predicted octanol–water partition coefficient (Wildman–Crippen LogP) is 5.09. The SMILES string of the molecule is OCC(c1ccccc1)C(Br)(Br)C(Br)(Br)Br. The Morgan fingerprint density at radius 2 is 1.50 bits per heavy atom. The highest BCUT2D eigenvalue weighted by Crippen LogP contribution is 2.58. The summed E-state index contributed by atoms with van der Waals surface area (Å²) >= 11 is 17.6. The van der Waals surface area contributed by atoms with E-state index in [1.54, 1.807) is 0 Å². The van der Waals surface area contributed by atoms with Crippen LogP contribution in [0, 0.1) is 0 Å². The van der Waals surface area contributed by atoms with Gasteiger partial charge in [-0.25, -0.2) is 0 Å². The van der Waals surface area contributed by atoms with E-state index in [2.05, 4.69) is 79.6 Å². The smallest absolute Gasteiger partial charge is 0.160 e. The maximum atomic E-state index is 9.56. The number of aliphatic hydroxyl groups excluding tert-OH is 1. The van der Waals surface area contributed by atoms with Gasteiger partial charge in [0, 0.05) is 5.92 Å². The molecule has 0 aliphatic rings. The molecule has 1 aromatic carbocycles. The summed E-state index contributed by atoms with van der Waals surface area (Å²) in [7, 11) is 0. The number of aliphatic hydroxyl groups is 1. The quantitative estimate of drug-likeness (QED) is 0.526. The molecule has 1 unspecified atom stereocenters. The van der Waals surface area contributed by atoms with Gasteiger partial charge >= 0.3 is 0 Å². The minimum absolute atomic E-state index is 0.0189. The molecule has 0 fully saturated rings. The van der Waals surface area contributed by atoms with Crippen LogP contribution in [-0.4, -0.2) is 17.1 Å². The summed E-state index contributed by atoms with van der Waals surface area (Å²) in [6, 6.07) is 9.82. The molecule has 0 radical (unpaired) electrons. The lowest BCUT2D eigenvalue weighted by molar-refractivity contribution is 0.261. The highest BCUT2D eigenvalue weighted by atomic mass is 80.0. The van der Waals surface area contributed by atoms with Crippen LogP contribution in [0.2, 0.25) is 0 Å². The van der Waals surface area contributed by atoms with E-state index in [4.69, 9.17) is 0 Å². The van der Waals surface area contributed by atoms with Crippen molar-refractivity contribution in [2.45, 2.75) is 11.3 Å². The van der Waals surface area contributed by atoms with Gasteiger partial charge in [0.1, 0.15) is 3.23 Å². The zero-order valence-electron chi connectivity index (χ0n) is 8.01. The van der Waals surface area contributed by atoms with Gasteiger partial charge in [0.2, 0.25) is 0 Å². The van der Waals surface area contributed by atoms with Crippen LogP contribution in [0.15, 0.2) is 30.3 Å². The Bertz CT molecular complexity index is 333. The number of benzene rings is 1. The van der Waals surface area contributed by atoms with Crippen molar-refractivity contribution in [1.82, 2.24) is 0 Å². The monoisotopic (exact) mass is 540 g/mol. The molecular formula is C10H9Br5O. The maximum absolute atomic E-state index is 9.56. The molecule has 1 atom stereocenters. The molecule has 6 heteroatoms. The first-order valence-corrected chi connectivity index (χ1v) is 8.37. The highest BCUT2D eigenvalue weighted by molar-refractivity contribution is 9.41. The Labute approximate surface area is 137 Å². The average molecular weight is 545 g/mol. The molecule has 0 heterocycles. The lowest BCUT2D eigenvalue weighted by atomic mass is 9.97. The predicted molar refractivity (Wildman–Crippen MR) is 86.4 cm³/mol. The number of alkyl halides is 5. The van der Waals surface area contributed by atoms with E-state index in [9.17, 15) is 5.11 Å². The van der Waals surface area contributed by atoms with Crippen molar-refractivity contribution in [3.8, 4) is 0 Å². The van der Waals surface area contributed by atoms with Crippen molar-refractivity contribution >= 4 is 79.6 Å². The van der Waals surface area contributed by atoms with Crippen molar-refractivity contribution in [2.24, 2.45) is 0 Å². The van der Waals surface area contributed by atoms with Crippen molar-refractivity contribution in [3.05, 3.63) is 35.9 Å². The first kappa shape index (κ1) is 15.6. The number of halogens is 5. The molecule has 1 aromatic rings.